The smallest absolute Gasteiger partial charge is 0.0857 e. The third-order valence-electron chi connectivity index (χ3n) is 3.78. The topological polar surface area (TPSA) is 15.7 Å². The maximum Gasteiger partial charge on any atom is 0.0857 e. The number of likely N-dealkylation sites (tertiary alicyclic amines) is 1. The first-order valence-corrected chi connectivity index (χ1v) is 6.35. The average molecular weight is 212 g/mol. The summed E-state index contributed by atoms with van der Waals surface area (Å²) in [5, 5.41) is 0. The molecule has 2 unspecified atom stereocenters. The minimum Gasteiger partial charge on any atom is -0.374 e. The molecule has 0 radical (unpaired) electrons. The van der Waals surface area contributed by atoms with Crippen LogP contribution in [0.1, 0.15) is 26.2 Å². The molecule has 2 heterocycles. The maximum atomic E-state index is 5.88. The van der Waals surface area contributed by atoms with Crippen LogP contribution >= 0.6 is 0 Å². The van der Waals surface area contributed by atoms with Gasteiger partial charge in [-0.05, 0) is 33.0 Å². The summed E-state index contributed by atoms with van der Waals surface area (Å²) in [6, 6.07) is 0.677. The van der Waals surface area contributed by atoms with Crippen LogP contribution in [0.5, 0.6) is 0 Å². The zero-order valence-corrected chi connectivity index (χ0v) is 10.1. The molecule has 88 valence electrons. The van der Waals surface area contributed by atoms with Crippen LogP contribution in [-0.2, 0) is 4.74 Å². The molecule has 0 aromatic rings. The van der Waals surface area contributed by atoms with Crippen LogP contribution in [0, 0.1) is 0 Å². The molecule has 3 nitrogen and oxygen atoms in total. The van der Waals surface area contributed by atoms with Gasteiger partial charge >= 0.3 is 0 Å². The van der Waals surface area contributed by atoms with E-state index in [0.29, 0.717) is 12.1 Å². The number of nitrogens with zero attached hydrogens (tertiary/aromatic N) is 2. The zero-order chi connectivity index (χ0) is 10.7. The number of ether oxygens (including phenoxy) is 1. The standard InChI is InChI=1S/C12H24N2O/c1-3-4-6-14-7-5-11-12(10-14)15-9-8-13(11)2/h11-12H,3-10H2,1-2H3. The molecule has 2 aliphatic heterocycles. The van der Waals surface area contributed by atoms with Crippen LogP contribution in [0.4, 0.5) is 0 Å². The second-order valence-corrected chi connectivity index (χ2v) is 4.90. The fourth-order valence-electron chi connectivity index (χ4n) is 2.73. The predicted octanol–water partition coefficient (Wildman–Crippen LogP) is 1.19. The number of fused-ring (bicyclic) bond motifs is 1. The number of unbranched alkanes of at least 4 members (excludes halogenated alkanes) is 1. The van der Waals surface area contributed by atoms with E-state index >= 15 is 0 Å². The van der Waals surface area contributed by atoms with Crippen molar-refractivity contribution in [2.75, 3.05) is 39.8 Å². The number of morpholine rings is 1. The number of hydrogen-bond donors (Lipinski definition) is 0. The van der Waals surface area contributed by atoms with Crippen LogP contribution in [0.2, 0.25) is 0 Å². The van der Waals surface area contributed by atoms with Gasteiger partial charge in [-0.3, -0.25) is 4.90 Å². The van der Waals surface area contributed by atoms with Crippen LogP contribution < -0.4 is 0 Å². The Labute approximate surface area is 93.4 Å². The monoisotopic (exact) mass is 212 g/mol. The average Bonchev–Trinajstić information content (AvgIpc) is 2.26. The predicted molar refractivity (Wildman–Crippen MR) is 62.1 cm³/mol. The van der Waals surface area contributed by atoms with Gasteiger partial charge in [-0.15, -0.1) is 0 Å². The van der Waals surface area contributed by atoms with E-state index in [1.165, 1.54) is 32.4 Å². The van der Waals surface area contributed by atoms with Crippen molar-refractivity contribution in [2.45, 2.75) is 38.3 Å². The SMILES string of the molecule is CCCCN1CCC2C(C1)OCCN2C. The van der Waals surface area contributed by atoms with E-state index < -0.39 is 0 Å². The van der Waals surface area contributed by atoms with Crippen molar-refractivity contribution in [1.29, 1.82) is 0 Å². The molecule has 0 saturated carbocycles. The van der Waals surface area contributed by atoms with Crippen molar-refractivity contribution in [3.63, 3.8) is 0 Å². The van der Waals surface area contributed by atoms with Gasteiger partial charge < -0.3 is 9.64 Å². The van der Waals surface area contributed by atoms with Crippen molar-refractivity contribution in [2.24, 2.45) is 0 Å². The minimum absolute atomic E-state index is 0.467. The van der Waals surface area contributed by atoms with Crippen molar-refractivity contribution < 1.29 is 4.74 Å². The molecule has 0 spiro atoms. The molecule has 0 amide bonds. The number of piperidine rings is 1. The van der Waals surface area contributed by atoms with Crippen LogP contribution in [-0.4, -0.2) is 61.8 Å². The van der Waals surface area contributed by atoms with Gasteiger partial charge in [0.15, 0.2) is 0 Å². The summed E-state index contributed by atoms with van der Waals surface area (Å²) in [6.07, 6.45) is 4.37. The minimum atomic E-state index is 0.467. The van der Waals surface area contributed by atoms with Crippen molar-refractivity contribution in [1.82, 2.24) is 9.80 Å². The Morgan fingerprint density at radius 1 is 1.33 bits per heavy atom. The van der Waals surface area contributed by atoms with E-state index in [9.17, 15) is 0 Å². The summed E-state index contributed by atoms with van der Waals surface area (Å²) in [5.41, 5.74) is 0. The van der Waals surface area contributed by atoms with E-state index in [1.54, 1.807) is 0 Å². The largest absolute Gasteiger partial charge is 0.374 e. The first-order valence-electron chi connectivity index (χ1n) is 6.35. The number of rotatable bonds is 3. The molecule has 0 aliphatic carbocycles. The lowest BCUT2D eigenvalue weighted by Gasteiger charge is -2.45. The fourth-order valence-corrected chi connectivity index (χ4v) is 2.73. The molecule has 0 N–H and O–H groups in total. The van der Waals surface area contributed by atoms with Crippen molar-refractivity contribution in [3.8, 4) is 0 Å². The van der Waals surface area contributed by atoms with E-state index in [-0.39, 0.29) is 0 Å². The Balaban J connectivity index is 1.83. The first kappa shape index (κ1) is 11.4. The molecule has 0 aromatic heterocycles. The molecule has 2 rings (SSSR count). The van der Waals surface area contributed by atoms with Gasteiger partial charge in [0.2, 0.25) is 0 Å². The number of hydrogen-bond acceptors (Lipinski definition) is 3. The first-order chi connectivity index (χ1) is 7.31. The van der Waals surface area contributed by atoms with Crippen LogP contribution in [0.25, 0.3) is 0 Å². The van der Waals surface area contributed by atoms with Gasteiger partial charge in [-0.1, -0.05) is 13.3 Å². The van der Waals surface area contributed by atoms with E-state index in [2.05, 4.69) is 23.8 Å². The number of likely N-dealkylation sites (N-methyl/N-ethyl adjacent to an activating group) is 1. The van der Waals surface area contributed by atoms with Gasteiger partial charge in [0, 0.05) is 19.1 Å². The summed E-state index contributed by atoms with van der Waals surface area (Å²) in [5.74, 6) is 0. The Morgan fingerprint density at radius 2 is 2.20 bits per heavy atom. The molecular weight excluding hydrogens is 188 g/mol. The molecule has 0 aromatic carbocycles. The Bertz CT molecular complexity index is 198. The zero-order valence-electron chi connectivity index (χ0n) is 10.1. The third kappa shape index (κ3) is 2.71. The second kappa shape index (κ2) is 5.28. The van der Waals surface area contributed by atoms with Crippen molar-refractivity contribution >= 4 is 0 Å². The summed E-state index contributed by atoms with van der Waals surface area (Å²) >= 11 is 0. The van der Waals surface area contributed by atoms with Gasteiger partial charge in [0.1, 0.15) is 0 Å². The highest BCUT2D eigenvalue weighted by molar-refractivity contribution is 4.89. The lowest BCUT2D eigenvalue weighted by atomic mass is 9.99. The molecule has 15 heavy (non-hydrogen) atoms. The maximum absolute atomic E-state index is 5.88. The van der Waals surface area contributed by atoms with Gasteiger partial charge in [-0.2, -0.15) is 0 Å². The molecule has 2 aliphatic rings. The molecular formula is C12H24N2O. The van der Waals surface area contributed by atoms with Gasteiger partial charge in [0.25, 0.3) is 0 Å². The lowest BCUT2D eigenvalue weighted by Crippen LogP contribution is -2.58. The van der Waals surface area contributed by atoms with Crippen molar-refractivity contribution in [3.05, 3.63) is 0 Å². The Hall–Kier alpha value is -0.120. The molecule has 2 saturated heterocycles. The third-order valence-corrected chi connectivity index (χ3v) is 3.78. The summed E-state index contributed by atoms with van der Waals surface area (Å²) < 4.78 is 5.88. The highest BCUT2D eigenvalue weighted by Gasteiger charge is 2.34. The summed E-state index contributed by atoms with van der Waals surface area (Å²) in [7, 11) is 2.24. The summed E-state index contributed by atoms with van der Waals surface area (Å²) in [4.78, 5) is 5.05. The second-order valence-electron chi connectivity index (χ2n) is 4.90. The summed E-state index contributed by atoms with van der Waals surface area (Å²) in [6.45, 7) is 7.95. The highest BCUT2D eigenvalue weighted by atomic mass is 16.5. The molecule has 0 bridgehead atoms. The Kier molecular flexibility index (Phi) is 4.00. The van der Waals surface area contributed by atoms with E-state index in [4.69, 9.17) is 4.74 Å². The normalized spacial score (nSPS) is 34.0. The quantitative estimate of drug-likeness (QED) is 0.699. The van der Waals surface area contributed by atoms with E-state index in [1.807, 2.05) is 0 Å². The fraction of sp³-hybridized carbons (Fsp3) is 1.00. The molecule has 2 atom stereocenters. The van der Waals surface area contributed by atoms with Gasteiger partial charge in [0.05, 0.1) is 12.7 Å². The van der Waals surface area contributed by atoms with Crippen LogP contribution in [0.3, 0.4) is 0 Å². The Morgan fingerprint density at radius 3 is 3.00 bits per heavy atom. The van der Waals surface area contributed by atoms with Gasteiger partial charge in [-0.25, -0.2) is 0 Å². The molecule has 2 fully saturated rings. The van der Waals surface area contributed by atoms with Crippen LogP contribution in [0.15, 0.2) is 0 Å². The molecule has 3 heteroatoms. The lowest BCUT2D eigenvalue weighted by molar-refractivity contribution is -0.0962. The highest BCUT2D eigenvalue weighted by Crippen LogP contribution is 2.21. The van der Waals surface area contributed by atoms with E-state index in [0.717, 1.165) is 19.7 Å².